The van der Waals surface area contributed by atoms with Gasteiger partial charge in [0.15, 0.2) is 0 Å². The van der Waals surface area contributed by atoms with E-state index in [1.807, 2.05) is 159 Å². The minimum Gasteiger partial charge on any atom is -0.508 e. The second kappa shape index (κ2) is 18.5. The van der Waals surface area contributed by atoms with Crippen LogP contribution in [0.4, 0.5) is 0 Å². The molecule has 354 valence electrons. The predicted molar refractivity (Wildman–Crippen MR) is 284 cm³/mol. The molecule has 10 rings (SSSR count). The summed E-state index contributed by atoms with van der Waals surface area (Å²) >= 11 is 0. The standard InChI is InChI=1S/C64H50O8/c1-63(55-35-45(15-31-59(55)69)41-7-23-51(65)24-8-41,56-36-46(16-32-60(56)70)42-9-25-52(66)26-10-42)49-19-3-39(4-20-49)40-5-21-50(22-6-40)64(2,57-37-47(17-33-61(57)71)43-11-27-53(67)28-12-43)58-38-48(18-34-62(58)72)44-13-29-54(68)30-14-44/h3-38,65-72H,1-2H3. The molecule has 72 heavy (non-hydrogen) atoms. The number of phenolic OH excluding ortho intramolecular Hbond substituents is 8. The van der Waals surface area contributed by atoms with Crippen LogP contribution in [0.25, 0.3) is 55.6 Å². The van der Waals surface area contributed by atoms with Gasteiger partial charge in [-0.15, -0.1) is 0 Å². The molecule has 8 heteroatoms. The Morgan fingerprint density at radius 3 is 0.583 bits per heavy atom. The predicted octanol–water partition coefficient (Wildman–Crippen LogP) is 14.4. The Hall–Kier alpha value is -9.40. The Balaban J connectivity index is 1.08. The number of phenols is 8. The van der Waals surface area contributed by atoms with Crippen molar-refractivity contribution in [1.82, 2.24) is 0 Å². The summed E-state index contributed by atoms with van der Waals surface area (Å²) < 4.78 is 0. The van der Waals surface area contributed by atoms with E-state index >= 15 is 0 Å². The Morgan fingerprint density at radius 2 is 0.375 bits per heavy atom. The third kappa shape index (κ3) is 8.56. The van der Waals surface area contributed by atoms with Crippen molar-refractivity contribution in [1.29, 1.82) is 0 Å². The summed E-state index contributed by atoms with van der Waals surface area (Å²) in [4.78, 5) is 0. The highest BCUT2D eigenvalue weighted by Crippen LogP contribution is 2.51. The second-order valence-corrected chi connectivity index (χ2v) is 18.5. The Morgan fingerprint density at radius 1 is 0.208 bits per heavy atom. The summed E-state index contributed by atoms with van der Waals surface area (Å²) in [6.45, 7) is 3.95. The summed E-state index contributed by atoms with van der Waals surface area (Å²) in [5.74, 6) is 0.633. The molecular formula is C64H50O8. The normalized spacial score (nSPS) is 11.6. The van der Waals surface area contributed by atoms with Crippen LogP contribution in [0.15, 0.2) is 218 Å². The van der Waals surface area contributed by atoms with Gasteiger partial charge in [0.25, 0.3) is 0 Å². The fraction of sp³-hybridized carbons (Fsp3) is 0.0625. The fourth-order valence-corrected chi connectivity index (χ4v) is 9.98. The van der Waals surface area contributed by atoms with Crippen molar-refractivity contribution in [3.63, 3.8) is 0 Å². The molecule has 8 nitrogen and oxygen atoms in total. The van der Waals surface area contributed by atoms with Gasteiger partial charge in [0.1, 0.15) is 46.0 Å². The highest BCUT2D eigenvalue weighted by molar-refractivity contribution is 5.76. The van der Waals surface area contributed by atoms with Crippen molar-refractivity contribution in [2.75, 3.05) is 0 Å². The molecular weight excluding hydrogens is 897 g/mol. The molecule has 0 aromatic heterocycles. The zero-order valence-corrected chi connectivity index (χ0v) is 39.4. The van der Waals surface area contributed by atoms with Crippen LogP contribution in [0.2, 0.25) is 0 Å². The van der Waals surface area contributed by atoms with E-state index in [1.165, 1.54) is 0 Å². The average Bonchev–Trinajstić information content (AvgIpc) is 3.40. The highest BCUT2D eigenvalue weighted by Gasteiger charge is 2.38. The molecule has 0 aliphatic carbocycles. The van der Waals surface area contributed by atoms with E-state index in [2.05, 4.69) is 0 Å². The number of aromatic hydroxyl groups is 8. The Bertz CT molecular complexity index is 3150. The van der Waals surface area contributed by atoms with Crippen molar-refractivity contribution in [3.05, 3.63) is 252 Å². The first-order valence-corrected chi connectivity index (χ1v) is 23.4. The minimum absolute atomic E-state index is 0.0245. The van der Waals surface area contributed by atoms with Crippen molar-refractivity contribution in [2.24, 2.45) is 0 Å². The van der Waals surface area contributed by atoms with Crippen LogP contribution in [0.1, 0.15) is 47.2 Å². The third-order valence-electron chi connectivity index (χ3n) is 14.2. The molecule has 10 aromatic rings. The van der Waals surface area contributed by atoms with Gasteiger partial charge in [0.05, 0.1) is 0 Å². The largest absolute Gasteiger partial charge is 0.508 e. The van der Waals surface area contributed by atoms with Crippen LogP contribution in [0, 0.1) is 0 Å². The van der Waals surface area contributed by atoms with Crippen molar-refractivity contribution < 1.29 is 40.9 Å². The molecule has 10 aromatic carbocycles. The quantitative estimate of drug-likeness (QED) is 0.0595. The summed E-state index contributed by atoms with van der Waals surface area (Å²) in [6.07, 6.45) is 0. The lowest BCUT2D eigenvalue weighted by Gasteiger charge is -2.34. The van der Waals surface area contributed by atoms with E-state index in [1.54, 1.807) is 72.8 Å². The Kier molecular flexibility index (Phi) is 11.9. The van der Waals surface area contributed by atoms with Gasteiger partial charge in [-0.3, -0.25) is 0 Å². The lowest BCUT2D eigenvalue weighted by atomic mass is 9.69. The fourth-order valence-electron chi connectivity index (χ4n) is 9.98. The maximum atomic E-state index is 11.8. The molecule has 0 spiro atoms. The first-order valence-electron chi connectivity index (χ1n) is 23.4. The van der Waals surface area contributed by atoms with Gasteiger partial charge in [-0.2, -0.15) is 0 Å². The third-order valence-corrected chi connectivity index (χ3v) is 14.2. The molecule has 0 fully saturated rings. The number of benzene rings is 10. The average molecular weight is 947 g/mol. The summed E-state index contributed by atoms with van der Waals surface area (Å²) in [5.41, 5.74) is 9.72. The maximum absolute atomic E-state index is 11.8. The van der Waals surface area contributed by atoms with E-state index in [0.717, 1.165) is 66.8 Å². The molecule has 0 aliphatic heterocycles. The molecule has 8 N–H and O–H groups in total. The summed E-state index contributed by atoms with van der Waals surface area (Å²) in [5, 5.41) is 87.3. The number of hydrogen-bond acceptors (Lipinski definition) is 8. The second-order valence-electron chi connectivity index (χ2n) is 18.5. The van der Waals surface area contributed by atoms with Crippen molar-refractivity contribution >= 4 is 0 Å². The summed E-state index contributed by atoms with van der Waals surface area (Å²) in [6, 6.07) is 64.9. The zero-order chi connectivity index (χ0) is 50.3. The van der Waals surface area contributed by atoms with Gasteiger partial charge in [0, 0.05) is 33.1 Å². The molecule has 0 aliphatic rings. The van der Waals surface area contributed by atoms with Crippen molar-refractivity contribution in [2.45, 2.75) is 24.7 Å². The van der Waals surface area contributed by atoms with E-state index < -0.39 is 10.8 Å². The molecule has 0 heterocycles. The maximum Gasteiger partial charge on any atom is 0.120 e. The van der Waals surface area contributed by atoms with Crippen LogP contribution in [-0.2, 0) is 10.8 Å². The molecule has 0 atom stereocenters. The molecule has 0 saturated heterocycles. The van der Waals surface area contributed by atoms with Crippen LogP contribution in [0.3, 0.4) is 0 Å². The van der Waals surface area contributed by atoms with Crippen molar-refractivity contribution in [3.8, 4) is 102 Å². The number of hydrogen-bond donors (Lipinski definition) is 8. The van der Waals surface area contributed by atoms with Crippen LogP contribution in [0.5, 0.6) is 46.0 Å². The van der Waals surface area contributed by atoms with E-state index in [0.29, 0.717) is 22.3 Å². The van der Waals surface area contributed by atoms with E-state index in [9.17, 15) is 40.9 Å². The molecule has 0 bridgehead atoms. The van der Waals surface area contributed by atoms with E-state index in [-0.39, 0.29) is 46.0 Å². The zero-order valence-electron chi connectivity index (χ0n) is 39.4. The van der Waals surface area contributed by atoms with Crippen LogP contribution in [-0.4, -0.2) is 40.9 Å². The van der Waals surface area contributed by atoms with E-state index in [4.69, 9.17) is 0 Å². The lowest BCUT2D eigenvalue weighted by Crippen LogP contribution is -2.26. The first kappa shape index (κ1) is 46.3. The molecule has 0 amide bonds. The van der Waals surface area contributed by atoms with Gasteiger partial charge in [-0.25, -0.2) is 0 Å². The molecule has 0 radical (unpaired) electrons. The smallest absolute Gasteiger partial charge is 0.120 e. The summed E-state index contributed by atoms with van der Waals surface area (Å²) in [7, 11) is 0. The number of rotatable bonds is 11. The monoisotopic (exact) mass is 946 g/mol. The van der Waals surface area contributed by atoms with Gasteiger partial charge in [0.2, 0.25) is 0 Å². The molecule has 0 saturated carbocycles. The Labute approximate surface area is 417 Å². The van der Waals surface area contributed by atoms with Crippen LogP contribution >= 0.6 is 0 Å². The van der Waals surface area contributed by atoms with Gasteiger partial charge in [-0.05, 0) is 178 Å². The van der Waals surface area contributed by atoms with Gasteiger partial charge in [-0.1, -0.05) is 121 Å². The first-order chi connectivity index (χ1) is 34.7. The SMILES string of the molecule is CC(c1ccc(-c2ccc(C(C)(c3cc(-c4ccc(O)cc4)ccc3O)c3cc(-c4ccc(O)cc4)ccc3O)cc2)cc1)(c1cc(-c2ccc(O)cc2)ccc1O)c1cc(-c2ccc(O)cc2)ccc1O. The lowest BCUT2D eigenvalue weighted by molar-refractivity contribution is 0.441. The topological polar surface area (TPSA) is 162 Å². The van der Waals surface area contributed by atoms with Crippen LogP contribution < -0.4 is 0 Å². The van der Waals surface area contributed by atoms with Gasteiger partial charge >= 0.3 is 0 Å². The minimum atomic E-state index is -1.13. The van der Waals surface area contributed by atoms with Gasteiger partial charge < -0.3 is 40.9 Å². The molecule has 0 unspecified atom stereocenters. The highest BCUT2D eigenvalue weighted by atomic mass is 16.3.